The summed E-state index contributed by atoms with van der Waals surface area (Å²) in [6.45, 7) is 5.71. The molecule has 0 spiro atoms. The van der Waals surface area contributed by atoms with Crippen molar-refractivity contribution in [3.63, 3.8) is 0 Å². The SMILES string of the molecule is CCCCCC(=O)N1CCC(CC(=O)O)C(CC)C1. The summed E-state index contributed by atoms with van der Waals surface area (Å²) in [6.07, 6.45) is 5.90. The fourth-order valence-corrected chi connectivity index (χ4v) is 2.95. The third kappa shape index (κ3) is 5.21. The molecule has 1 saturated heterocycles. The Bertz CT molecular complexity index is 304. The van der Waals surface area contributed by atoms with E-state index in [4.69, 9.17) is 5.11 Å². The summed E-state index contributed by atoms with van der Waals surface area (Å²) in [5.74, 6) is 0.119. The van der Waals surface area contributed by atoms with E-state index in [1.54, 1.807) is 0 Å². The number of piperidine rings is 1. The molecule has 2 atom stereocenters. The van der Waals surface area contributed by atoms with Gasteiger partial charge >= 0.3 is 5.97 Å². The Balaban J connectivity index is 2.44. The van der Waals surface area contributed by atoms with E-state index >= 15 is 0 Å². The molecule has 1 aliphatic heterocycles. The van der Waals surface area contributed by atoms with Crippen LogP contribution in [0.5, 0.6) is 0 Å². The van der Waals surface area contributed by atoms with Gasteiger partial charge in [0.2, 0.25) is 5.91 Å². The van der Waals surface area contributed by atoms with Crippen LogP contribution >= 0.6 is 0 Å². The number of hydrogen-bond donors (Lipinski definition) is 1. The second-order valence-corrected chi connectivity index (χ2v) is 5.61. The molecule has 4 nitrogen and oxygen atoms in total. The van der Waals surface area contributed by atoms with E-state index in [2.05, 4.69) is 13.8 Å². The number of rotatable bonds is 7. The Hall–Kier alpha value is -1.06. The van der Waals surface area contributed by atoms with Crippen molar-refractivity contribution in [2.45, 2.75) is 58.8 Å². The Kier molecular flexibility index (Phi) is 6.89. The highest BCUT2D eigenvalue weighted by atomic mass is 16.4. The molecular formula is C15H27NO3. The fraction of sp³-hybridized carbons (Fsp3) is 0.867. The molecule has 1 N–H and O–H groups in total. The summed E-state index contributed by atoms with van der Waals surface area (Å²) in [5, 5.41) is 8.92. The summed E-state index contributed by atoms with van der Waals surface area (Å²) in [6, 6.07) is 0. The van der Waals surface area contributed by atoms with Gasteiger partial charge in [-0.3, -0.25) is 9.59 Å². The Labute approximate surface area is 116 Å². The number of amides is 1. The summed E-state index contributed by atoms with van der Waals surface area (Å²) in [5.41, 5.74) is 0. The monoisotopic (exact) mass is 269 g/mol. The van der Waals surface area contributed by atoms with Crippen molar-refractivity contribution in [2.75, 3.05) is 13.1 Å². The molecule has 19 heavy (non-hydrogen) atoms. The number of carbonyl (C=O) groups excluding carboxylic acids is 1. The van der Waals surface area contributed by atoms with Crippen LogP contribution in [0.15, 0.2) is 0 Å². The lowest BCUT2D eigenvalue weighted by Crippen LogP contribution is -2.44. The first kappa shape index (κ1) is 16.0. The molecule has 0 bridgehead atoms. The molecule has 1 amide bonds. The smallest absolute Gasteiger partial charge is 0.303 e. The van der Waals surface area contributed by atoms with E-state index in [1.807, 2.05) is 4.90 Å². The summed E-state index contributed by atoms with van der Waals surface area (Å²) >= 11 is 0. The third-order valence-corrected chi connectivity index (χ3v) is 4.20. The second-order valence-electron chi connectivity index (χ2n) is 5.61. The van der Waals surface area contributed by atoms with Gasteiger partial charge in [0.05, 0.1) is 0 Å². The molecule has 0 aromatic carbocycles. The van der Waals surface area contributed by atoms with Gasteiger partial charge in [-0.15, -0.1) is 0 Å². The van der Waals surface area contributed by atoms with Crippen molar-refractivity contribution in [1.82, 2.24) is 4.90 Å². The van der Waals surface area contributed by atoms with E-state index < -0.39 is 5.97 Å². The van der Waals surface area contributed by atoms with E-state index in [9.17, 15) is 9.59 Å². The van der Waals surface area contributed by atoms with Gasteiger partial charge in [0.1, 0.15) is 0 Å². The Morgan fingerprint density at radius 1 is 1.21 bits per heavy atom. The van der Waals surface area contributed by atoms with Gasteiger partial charge in [0, 0.05) is 25.9 Å². The van der Waals surface area contributed by atoms with Crippen molar-refractivity contribution in [1.29, 1.82) is 0 Å². The molecule has 1 fully saturated rings. The maximum atomic E-state index is 12.1. The zero-order chi connectivity index (χ0) is 14.3. The number of carbonyl (C=O) groups is 2. The molecule has 0 radical (unpaired) electrons. The maximum absolute atomic E-state index is 12.1. The van der Waals surface area contributed by atoms with Crippen LogP contribution in [0.1, 0.15) is 58.8 Å². The average molecular weight is 269 g/mol. The number of likely N-dealkylation sites (tertiary alicyclic amines) is 1. The number of carboxylic acids is 1. The zero-order valence-corrected chi connectivity index (χ0v) is 12.2. The minimum Gasteiger partial charge on any atom is -0.481 e. The van der Waals surface area contributed by atoms with Gasteiger partial charge in [-0.25, -0.2) is 0 Å². The second kappa shape index (κ2) is 8.18. The van der Waals surface area contributed by atoms with Gasteiger partial charge in [0.15, 0.2) is 0 Å². The molecule has 2 unspecified atom stereocenters. The number of unbranched alkanes of at least 4 members (excludes halogenated alkanes) is 2. The van der Waals surface area contributed by atoms with Crippen molar-refractivity contribution < 1.29 is 14.7 Å². The lowest BCUT2D eigenvalue weighted by atomic mass is 9.81. The van der Waals surface area contributed by atoms with Crippen LogP contribution in [-0.4, -0.2) is 35.0 Å². The molecule has 4 heteroatoms. The molecule has 0 aromatic rings. The van der Waals surface area contributed by atoms with E-state index in [0.717, 1.165) is 45.2 Å². The van der Waals surface area contributed by atoms with Crippen LogP contribution in [0, 0.1) is 11.8 Å². The number of nitrogens with zero attached hydrogens (tertiary/aromatic N) is 1. The van der Waals surface area contributed by atoms with Crippen molar-refractivity contribution >= 4 is 11.9 Å². The largest absolute Gasteiger partial charge is 0.481 e. The predicted octanol–water partition coefficient (Wildman–Crippen LogP) is 2.92. The van der Waals surface area contributed by atoms with Gasteiger partial charge in [-0.2, -0.15) is 0 Å². The van der Waals surface area contributed by atoms with Gasteiger partial charge in [0.25, 0.3) is 0 Å². The first-order chi connectivity index (χ1) is 9.08. The van der Waals surface area contributed by atoms with Gasteiger partial charge < -0.3 is 10.0 Å². The molecule has 0 aromatic heterocycles. The van der Waals surface area contributed by atoms with Crippen molar-refractivity contribution in [2.24, 2.45) is 11.8 Å². The van der Waals surface area contributed by atoms with E-state index in [1.165, 1.54) is 0 Å². The van der Waals surface area contributed by atoms with Gasteiger partial charge in [-0.1, -0.05) is 33.1 Å². The Morgan fingerprint density at radius 2 is 1.95 bits per heavy atom. The quantitative estimate of drug-likeness (QED) is 0.723. The summed E-state index contributed by atoms with van der Waals surface area (Å²) in [4.78, 5) is 24.9. The van der Waals surface area contributed by atoms with E-state index in [0.29, 0.717) is 12.3 Å². The highest BCUT2D eigenvalue weighted by Gasteiger charge is 2.31. The highest BCUT2D eigenvalue weighted by molar-refractivity contribution is 5.76. The molecule has 110 valence electrons. The molecule has 0 saturated carbocycles. The summed E-state index contributed by atoms with van der Waals surface area (Å²) < 4.78 is 0. The molecule has 0 aliphatic carbocycles. The molecular weight excluding hydrogens is 242 g/mol. The third-order valence-electron chi connectivity index (χ3n) is 4.20. The lowest BCUT2D eigenvalue weighted by molar-refractivity contribution is -0.140. The molecule has 1 rings (SSSR count). The average Bonchev–Trinajstić information content (AvgIpc) is 2.38. The van der Waals surface area contributed by atoms with Gasteiger partial charge in [-0.05, 0) is 24.7 Å². The normalized spacial score (nSPS) is 23.4. The minimum absolute atomic E-state index is 0.238. The standard InChI is InChI=1S/C15H27NO3/c1-3-5-6-7-14(17)16-9-8-13(10-15(18)19)12(4-2)11-16/h12-13H,3-11H2,1-2H3,(H,18,19). The van der Waals surface area contributed by atoms with E-state index in [-0.39, 0.29) is 18.2 Å². The van der Waals surface area contributed by atoms with Crippen molar-refractivity contribution in [3.8, 4) is 0 Å². The first-order valence-electron chi connectivity index (χ1n) is 7.58. The van der Waals surface area contributed by atoms with Crippen LogP contribution in [0.2, 0.25) is 0 Å². The Morgan fingerprint density at radius 3 is 2.53 bits per heavy atom. The number of aliphatic carboxylic acids is 1. The fourth-order valence-electron chi connectivity index (χ4n) is 2.95. The van der Waals surface area contributed by atoms with Crippen LogP contribution < -0.4 is 0 Å². The number of carboxylic acid groups (broad SMARTS) is 1. The van der Waals surface area contributed by atoms with Crippen molar-refractivity contribution in [3.05, 3.63) is 0 Å². The van der Waals surface area contributed by atoms with Crippen LogP contribution in [-0.2, 0) is 9.59 Å². The van der Waals surface area contributed by atoms with Crippen LogP contribution in [0.4, 0.5) is 0 Å². The summed E-state index contributed by atoms with van der Waals surface area (Å²) in [7, 11) is 0. The minimum atomic E-state index is -0.717. The number of hydrogen-bond acceptors (Lipinski definition) is 2. The predicted molar refractivity (Wildman–Crippen MR) is 74.9 cm³/mol. The lowest BCUT2D eigenvalue weighted by Gasteiger charge is -2.38. The molecule has 1 heterocycles. The maximum Gasteiger partial charge on any atom is 0.303 e. The van der Waals surface area contributed by atoms with Crippen LogP contribution in [0.25, 0.3) is 0 Å². The molecule has 1 aliphatic rings. The zero-order valence-electron chi connectivity index (χ0n) is 12.2. The topological polar surface area (TPSA) is 57.6 Å². The highest BCUT2D eigenvalue weighted by Crippen LogP contribution is 2.29. The van der Waals surface area contributed by atoms with Crippen LogP contribution in [0.3, 0.4) is 0 Å². The first-order valence-corrected chi connectivity index (χ1v) is 7.58.